The highest BCUT2D eigenvalue weighted by molar-refractivity contribution is 5.81. The van der Waals surface area contributed by atoms with Crippen LogP contribution in [-0.2, 0) is 22.4 Å². The van der Waals surface area contributed by atoms with Gasteiger partial charge >= 0.3 is 5.97 Å². The van der Waals surface area contributed by atoms with Crippen LogP contribution in [0.1, 0.15) is 18.1 Å². The van der Waals surface area contributed by atoms with Crippen molar-refractivity contribution in [3.8, 4) is 0 Å². The molecule has 0 radical (unpaired) electrons. The van der Waals surface area contributed by atoms with Crippen LogP contribution in [0.3, 0.4) is 0 Å². The summed E-state index contributed by atoms with van der Waals surface area (Å²) < 4.78 is 5.06. The van der Waals surface area contributed by atoms with Gasteiger partial charge in [0.25, 0.3) is 0 Å². The monoisotopic (exact) mass is 206 g/mol. The summed E-state index contributed by atoms with van der Waals surface area (Å²) in [6.07, 6.45) is 1.39. The third-order valence-electron chi connectivity index (χ3n) is 2.88. The Balaban J connectivity index is 2.21. The van der Waals surface area contributed by atoms with Crippen LogP contribution in [0.2, 0.25) is 0 Å². The Hall–Kier alpha value is -1.35. The number of fused-ring (bicyclic) bond motifs is 1. The topological polar surface area (TPSA) is 53.9 Å². The van der Waals surface area contributed by atoms with E-state index in [1.807, 2.05) is 19.1 Å². The van der Waals surface area contributed by atoms with Crippen LogP contribution >= 0.6 is 0 Å². The second kappa shape index (κ2) is 3.66. The van der Waals surface area contributed by atoms with Gasteiger partial charge in [-0.25, -0.2) is 4.79 Å². The Labute approximate surface area is 89.2 Å². The Morgan fingerprint density at radius 2 is 1.93 bits per heavy atom. The lowest BCUT2D eigenvalue weighted by molar-refractivity contribution is -0.459. The molecular weight excluding hydrogens is 190 g/mol. The molecule has 0 amide bonds. The molecule has 1 aromatic carbocycles. The van der Waals surface area contributed by atoms with Gasteiger partial charge in [-0.1, -0.05) is 24.3 Å². The standard InChI is InChI=1S/C12H15NO2/c1-2-15-11(14)12(13)7-9-5-3-4-6-10(9)8-12/h3-6H,2,7-8,13H2,1H3/p+1. The highest BCUT2D eigenvalue weighted by atomic mass is 16.5. The zero-order chi connectivity index (χ0) is 10.9. The molecule has 0 atom stereocenters. The van der Waals surface area contributed by atoms with E-state index in [0.29, 0.717) is 19.4 Å². The van der Waals surface area contributed by atoms with Crippen LogP contribution in [0.25, 0.3) is 0 Å². The molecule has 0 bridgehead atoms. The quantitative estimate of drug-likeness (QED) is 0.709. The van der Waals surface area contributed by atoms with Gasteiger partial charge in [-0.05, 0) is 18.1 Å². The number of hydrogen-bond donors (Lipinski definition) is 1. The minimum Gasteiger partial charge on any atom is -0.461 e. The second-order valence-electron chi connectivity index (χ2n) is 4.12. The molecule has 80 valence electrons. The first-order chi connectivity index (χ1) is 7.15. The van der Waals surface area contributed by atoms with Gasteiger partial charge in [-0.2, -0.15) is 0 Å². The van der Waals surface area contributed by atoms with Crippen molar-refractivity contribution in [3.05, 3.63) is 35.4 Å². The van der Waals surface area contributed by atoms with Gasteiger partial charge in [-0.3, -0.25) is 0 Å². The lowest BCUT2D eigenvalue weighted by Crippen LogP contribution is -2.77. The molecule has 0 heterocycles. The Kier molecular flexibility index (Phi) is 2.49. The predicted octanol–water partition coefficient (Wildman–Crippen LogP) is 0.329. The summed E-state index contributed by atoms with van der Waals surface area (Å²) in [6.45, 7) is 2.25. The van der Waals surface area contributed by atoms with Crippen molar-refractivity contribution in [2.45, 2.75) is 25.3 Å². The summed E-state index contributed by atoms with van der Waals surface area (Å²) in [7, 11) is 0. The maximum absolute atomic E-state index is 11.8. The molecule has 1 aliphatic carbocycles. The largest absolute Gasteiger partial charge is 0.461 e. The third-order valence-corrected chi connectivity index (χ3v) is 2.88. The first kappa shape index (κ1) is 10.2. The van der Waals surface area contributed by atoms with Gasteiger partial charge in [0.05, 0.1) is 6.61 Å². The predicted molar refractivity (Wildman–Crippen MR) is 56.1 cm³/mol. The molecular formula is C12H16NO2+. The van der Waals surface area contributed by atoms with Crippen LogP contribution in [-0.4, -0.2) is 18.1 Å². The number of ether oxygens (including phenoxy) is 1. The van der Waals surface area contributed by atoms with E-state index in [0.717, 1.165) is 0 Å². The average Bonchev–Trinajstić information content (AvgIpc) is 2.56. The fourth-order valence-electron chi connectivity index (χ4n) is 2.12. The van der Waals surface area contributed by atoms with E-state index in [9.17, 15) is 4.79 Å². The van der Waals surface area contributed by atoms with E-state index in [2.05, 4.69) is 17.9 Å². The first-order valence-electron chi connectivity index (χ1n) is 5.25. The minimum atomic E-state index is -0.598. The van der Waals surface area contributed by atoms with E-state index in [1.54, 1.807) is 0 Å². The molecule has 0 saturated carbocycles. The van der Waals surface area contributed by atoms with Gasteiger partial charge in [0.15, 0.2) is 0 Å². The summed E-state index contributed by atoms with van der Waals surface area (Å²) in [6, 6.07) is 8.11. The molecule has 0 unspecified atom stereocenters. The summed E-state index contributed by atoms with van der Waals surface area (Å²) >= 11 is 0. The molecule has 0 saturated heterocycles. The first-order valence-corrected chi connectivity index (χ1v) is 5.25. The van der Waals surface area contributed by atoms with Crippen LogP contribution in [0, 0.1) is 0 Å². The Bertz CT molecular complexity index is 362. The summed E-state index contributed by atoms with van der Waals surface area (Å²) in [5.41, 5.74) is 5.88. The molecule has 1 aromatic rings. The zero-order valence-corrected chi connectivity index (χ0v) is 8.95. The van der Waals surface area contributed by atoms with E-state index in [-0.39, 0.29) is 5.97 Å². The summed E-state index contributed by atoms with van der Waals surface area (Å²) in [5.74, 6) is -0.179. The van der Waals surface area contributed by atoms with E-state index < -0.39 is 5.54 Å². The van der Waals surface area contributed by atoms with Crippen LogP contribution in [0.15, 0.2) is 24.3 Å². The zero-order valence-electron chi connectivity index (χ0n) is 8.95. The van der Waals surface area contributed by atoms with Gasteiger partial charge in [-0.15, -0.1) is 0 Å². The maximum Gasteiger partial charge on any atom is 0.368 e. The number of benzene rings is 1. The molecule has 0 fully saturated rings. The second-order valence-corrected chi connectivity index (χ2v) is 4.12. The molecule has 0 aromatic heterocycles. The van der Waals surface area contributed by atoms with Crippen LogP contribution < -0.4 is 5.73 Å². The van der Waals surface area contributed by atoms with Crippen molar-refractivity contribution < 1.29 is 15.3 Å². The molecule has 0 spiro atoms. The molecule has 1 aliphatic rings. The fourth-order valence-corrected chi connectivity index (χ4v) is 2.12. The number of quaternary nitrogens is 1. The summed E-state index contributed by atoms with van der Waals surface area (Å²) in [5, 5.41) is 0. The maximum atomic E-state index is 11.8. The normalized spacial score (nSPS) is 17.2. The average molecular weight is 206 g/mol. The lowest BCUT2D eigenvalue weighted by Gasteiger charge is -2.16. The van der Waals surface area contributed by atoms with Crippen molar-refractivity contribution in [1.82, 2.24) is 0 Å². The van der Waals surface area contributed by atoms with Gasteiger partial charge < -0.3 is 10.5 Å². The number of esters is 1. The SMILES string of the molecule is CCOC(=O)C1([NH3+])Cc2ccccc2C1. The van der Waals surface area contributed by atoms with Gasteiger partial charge in [0.2, 0.25) is 5.54 Å². The lowest BCUT2D eigenvalue weighted by atomic mass is 9.98. The number of carbonyl (C=O) groups excluding carboxylic acids is 1. The van der Waals surface area contributed by atoms with Crippen molar-refractivity contribution in [2.75, 3.05) is 6.61 Å². The molecule has 2 rings (SSSR count). The van der Waals surface area contributed by atoms with Crippen molar-refractivity contribution in [2.24, 2.45) is 0 Å². The number of carbonyl (C=O) groups is 1. The van der Waals surface area contributed by atoms with Crippen LogP contribution in [0.5, 0.6) is 0 Å². The Morgan fingerprint density at radius 1 is 1.40 bits per heavy atom. The van der Waals surface area contributed by atoms with E-state index in [1.165, 1.54) is 11.1 Å². The molecule has 3 nitrogen and oxygen atoms in total. The highest BCUT2D eigenvalue weighted by Crippen LogP contribution is 2.27. The van der Waals surface area contributed by atoms with E-state index in [4.69, 9.17) is 4.74 Å². The van der Waals surface area contributed by atoms with Gasteiger partial charge in [0, 0.05) is 12.8 Å². The van der Waals surface area contributed by atoms with Gasteiger partial charge in [0.1, 0.15) is 0 Å². The molecule has 0 aliphatic heterocycles. The highest BCUT2D eigenvalue weighted by Gasteiger charge is 2.45. The number of hydrogen-bond acceptors (Lipinski definition) is 2. The minimum absolute atomic E-state index is 0.179. The molecule has 3 N–H and O–H groups in total. The Morgan fingerprint density at radius 3 is 2.40 bits per heavy atom. The van der Waals surface area contributed by atoms with Crippen molar-refractivity contribution in [3.63, 3.8) is 0 Å². The van der Waals surface area contributed by atoms with Crippen LogP contribution in [0.4, 0.5) is 0 Å². The van der Waals surface area contributed by atoms with E-state index >= 15 is 0 Å². The third kappa shape index (κ3) is 1.75. The molecule has 15 heavy (non-hydrogen) atoms. The smallest absolute Gasteiger partial charge is 0.368 e. The number of rotatable bonds is 2. The summed E-state index contributed by atoms with van der Waals surface area (Å²) in [4.78, 5) is 11.8. The fraction of sp³-hybridized carbons (Fsp3) is 0.417. The van der Waals surface area contributed by atoms with Crippen molar-refractivity contribution in [1.29, 1.82) is 0 Å². The molecule has 3 heteroatoms. The van der Waals surface area contributed by atoms with Crippen molar-refractivity contribution >= 4 is 5.97 Å².